The van der Waals surface area contributed by atoms with Crippen LogP contribution in [0, 0.1) is 3.57 Å². The number of nitrogens with one attached hydrogen (secondary N) is 1. The molecule has 1 aliphatic rings. The van der Waals surface area contributed by atoms with Crippen LogP contribution in [0.2, 0.25) is 0 Å². The lowest BCUT2D eigenvalue weighted by atomic mass is 10.2. The molecule has 0 aromatic heterocycles. The summed E-state index contributed by atoms with van der Waals surface area (Å²) < 4.78 is 8.14. The van der Waals surface area contributed by atoms with Gasteiger partial charge in [-0.25, -0.2) is 0 Å². The van der Waals surface area contributed by atoms with Crippen LogP contribution in [0.15, 0.2) is 46.9 Å². The maximum Gasteiger partial charge on any atom is 0.128 e. The molecule has 0 aliphatic heterocycles. The van der Waals surface area contributed by atoms with Gasteiger partial charge in [-0.2, -0.15) is 0 Å². The van der Waals surface area contributed by atoms with Gasteiger partial charge in [-0.05, 0) is 71.3 Å². The van der Waals surface area contributed by atoms with Gasteiger partial charge >= 0.3 is 0 Å². The normalized spacial score (nSPS) is 14.3. The average molecular weight is 444 g/mol. The molecule has 104 valence electrons. The van der Waals surface area contributed by atoms with Gasteiger partial charge < -0.3 is 10.1 Å². The summed E-state index contributed by atoms with van der Waals surface area (Å²) in [5.41, 5.74) is 1.27. The van der Waals surface area contributed by atoms with Crippen molar-refractivity contribution in [3.8, 4) is 11.5 Å². The van der Waals surface area contributed by atoms with Crippen LogP contribution in [0.4, 0.5) is 0 Å². The third-order valence-corrected chi connectivity index (χ3v) is 4.62. The van der Waals surface area contributed by atoms with Crippen molar-refractivity contribution in [2.45, 2.75) is 25.4 Å². The lowest BCUT2D eigenvalue weighted by Gasteiger charge is -2.10. The number of hydrogen-bond acceptors (Lipinski definition) is 2. The highest BCUT2D eigenvalue weighted by Crippen LogP contribution is 2.28. The number of ether oxygens (including phenoxy) is 1. The molecule has 1 aliphatic carbocycles. The zero-order chi connectivity index (χ0) is 13.9. The molecule has 0 amide bonds. The molecule has 0 bridgehead atoms. The van der Waals surface area contributed by atoms with Gasteiger partial charge in [0.1, 0.15) is 11.5 Å². The van der Waals surface area contributed by atoms with E-state index in [0.717, 1.165) is 28.6 Å². The summed E-state index contributed by atoms with van der Waals surface area (Å²) in [6, 6.07) is 14.9. The highest BCUT2D eigenvalue weighted by molar-refractivity contribution is 14.1. The van der Waals surface area contributed by atoms with Crippen LogP contribution in [0.1, 0.15) is 18.4 Å². The summed E-state index contributed by atoms with van der Waals surface area (Å²) in [6.45, 7) is 0.911. The zero-order valence-electron chi connectivity index (χ0n) is 10.9. The first kappa shape index (κ1) is 14.4. The first-order valence-electron chi connectivity index (χ1n) is 6.66. The lowest BCUT2D eigenvalue weighted by molar-refractivity contribution is 0.481. The maximum absolute atomic E-state index is 5.88. The van der Waals surface area contributed by atoms with E-state index < -0.39 is 0 Å². The fourth-order valence-electron chi connectivity index (χ4n) is 1.94. The molecule has 2 aromatic carbocycles. The number of rotatable bonds is 5. The molecule has 1 N–H and O–H groups in total. The summed E-state index contributed by atoms with van der Waals surface area (Å²) in [5.74, 6) is 1.72. The molecular formula is C16H15BrINO. The topological polar surface area (TPSA) is 21.3 Å². The average Bonchev–Trinajstić information content (AvgIpc) is 3.22. The van der Waals surface area contributed by atoms with Crippen LogP contribution in [0.5, 0.6) is 11.5 Å². The van der Waals surface area contributed by atoms with Gasteiger partial charge in [0.15, 0.2) is 0 Å². The van der Waals surface area contributed by atoms with Gasteiger partial charge in [-0.15, -0.1) is 0 Å². The second-order valence-corrected chi connectivity index (χ2v) is 7.07. The van der Waals surface area contributed by atoms with Crippen LogP contribution >= 0.6 is 38.5 Å². The summed E-state index contributed by atoms with van der Waals surface area (Å²) in [5, 5.41) is 3.52. The summed E-state index contributed by atoms with van der Waals surface area (Å²) >= 11 is 5.91. The minimum absolute atomic E-state index is 0.726. The van der Waals surface area contributed by atoms with Crippen LogP contribution in [0.25, 0.3) is 0 Å². The van der Waals surface area contributed by atoms with E-state index in [1.807, 2.05) is 30.3 Å². The third kappa shape index (κ3) is 3.96. The number of benzene rings is 2. The Morgan fingerprint density at radius 1 is 1.15 bits per heavy atom. The Hall–Kier alpha value is -0.590. The van der Waals surface area contributed by atoms with Crippen molar-refractivity contribution in [1.82, 2.24) is 5.32 Å². The molecule has 0 radical (unpaired) electrons. The molecule has 20 heavy (non-hydrogen) atoms. The Morgan fingerprint density at radius 2 is 1.95 bits per heavy atom. The van der Waals surface area contributed by atoms with Crippen molar-refractivity contribution in [3.05, 3.63) is 56.1 Å². The van der Waals surface area contributed by atoms with Crippen LogP contribution in [0.3, 0.4) is 0 Å². The fraction of sp³-hybridized carbons (Fsp3) is 0.250. The summed E-state index contributed by atoms with van der Waals surface area (Å²) in [6.07, 6.45) is 2.62. The van der Waals surface area contributed by atoms with Gasteiger partial charge in [0.25, 0.3) is 0 Å². The molecular weight excluding hydrogens is 429 g/mol. The van der Waals surface area contributed by atoms with Crippen molar-refractivity contribution in [2.24, 2.45) is 0 Å². The molecule has 1 fully saturated rings. The molecule has 1 saturated carbocycles. The molecule has 0 unspecified atom stereocenters. The molecule has 4 heteroatoms. The molecule has 2 aromatic rings. The Bertz CT molecular complexity index is 613. The maximum atomic E-state index is 5.88. The van der Waals surface area contributed by atoms with E-state index in [2.05, 4.69) is 56.0 Å². The Morgan fingerprint density at radius 3 is 2.65 bits per heavy atom. The highest BCUT2D eigenvalue weighted by atomic mass is 127. The first-order chi connectivity index (χ1) is 9.70. The highest BCUT2D eigenvalue weighted by Gasteiger charge is 2.20. The van der Waals surface area contributed by atoms with E-state index in [0.29, 0.717) is 0 Å². The van der Waals surface area contributed by atoms with Crippen molar-refractivity contribution >= 4 is 38.5 Å². The van der Waals surface area contributed by atoms with Gasteiger partial charge in [-0.1, -0.05) is 28.1 Å². The van der Waals surface area contributed by atoms with E-state index in [1.165, 1.54) is 22.0 Å². The van der Waals surface area contributed by atoms with E-state index in [4.69, 9.17) is 4.74 Å². The van der Waals surface area contributed by atoms with Crippen molar-refractivity contribution in [3.63, 3.8) is 0 Å². The quantitative estimate of drug-likeness (QED) is 0.649. The van der Waals surface area contributed by atoms with Crippen molar-refractivity contribution in [2.75, 3.05) is 0 Å². The van der Waals surface area contributed by atoms with Crippen molar-refractivity contribution in [1.29, 1.82) is 0 Å². The molecule has 3 rings (SSSR count). The third-order valence-electron chi connectivity index (χ3n) is 3.21. The first-order valence-corrected chi connectivity index (χ1v) is 8.53. The fourth-order valence-corrected chi connectivity index (χ4v) is 2.96. The predicted octanol–water partition coefficient (Wildman–Crippen LogP) is 5.10. The minimum Gasteiger partial charge on any atom is -0.457 e. The van der Waals surface area contributed by atoms with E-state index in [9.17, 15) is 0 Å². The van der Waals surface area contributed by atoms with E-state index >= 15 is 0 Å². The minimum atomic E-state index is 0.726. The molecule has 0 saturated heterocycles. The van der Waals surface area contributed by atoms with Crippen LogP contribution in [-0.4, -0.2) is 6.04 Å². The monoisotopic (exact) mass is 443 g/mol. The van der Waals surface area contributed by atoms with Crippen molar-refractivity contribution < 1.29 is 4.74 Å². The number of hydrogen-bond donors (Lipinski definition) is 1. The predicted molar refractivity (Wildman–Crippen MR) is 93.2 cm³/mol. The standard InChI is InChI=1S/C16H15BrINO/c17-16-9-15(20-14-3-1-2-12(18)8-14)7-4-11(16)10-19-13-5-6-13/h1-4,7-9,13,19H,5-6,10H2. The molecule has 2 nitrogen and oxygen atoms in total. The van der Waals surface area contributed by atoms with Crippen LogP contribution < -0.4 is 10.1 Å². The largest absolute Gasteiger partial charge is 0.457 e. The molecule has 0 atom stereocenters. The Labute approximate surface area is 141 Å². The summed E-state index contributed by atoms with van der Waals surface area (Å²) in [4.78, 5) is 0. The second-order valence-electron chi connectivity index (χ2n) is 4.97. The van der Waals surface area contributed by atoms with Gasteiger partial charge in [0.05, 0.1) is 0 Å². The Kier molecular flexibility index (Phi) is 4.63. The Balaban J connectivity index is 1.69. The van der Waals surface area contributed by atoms with Gasteiger partial charge in [0, 0.05) is 20.6 Å². The SMILES string of the molecule is Brc1cc(Oc2cccc(I)c2)ccc1CNC1CC1. The lowest BCUT2D eigenvalue weighted by Crippen LogP contribution is -2.15. The van der Waals surface area contributed by atoms with Crippen LogP contribution in [-0.2, 0) is 6.54 Å². The van der Waals surface area contributed by atoms with E-state index in [1.54, 1.807) is 0 Å². The number of halogens is 2. The van der Waals surface area contributed by atoms with Gasteiger partial charge in [0.2, 0.25) is 0 Å². The van der Waals surface area contributed by atoms with E-state index in [-0.39, 0.29) is 0 Å². The van der Waals surface area contributed by atoms with Gasteiger partial charge in [-0.3, -0.25) is 0 Å². The second kappa shape index (κ2) is 6.45. The smallest absolute Gasteiger partial charge is 0.128 e. The molecule has 0 spiro atoms. The molecule has 0 heterocycles. The summed E-state index contributed by atoms with van der Waals surface area (Å²) in [7, 11) is 0. The zero-order valence-corrected chi connectivity index (χ0v) is 14.6.